The van der Waals surface area contributed by atoms with Gasteiger partial charge < -0.3 is 14.9 Å². The Labute approximate surface area is 108 Å². The molecule has 0 spiro atoms. The minimum Gasteiger partial charge on any atom is -0.394 e. The van der Waals surface area contributed by atoms with Crippen LogP contribution in [0.5, 0.6) is 0 Å². The predicted molar refractivity (Wildman–Crippen MR) is 66.8 cm³/mol. The van der Waals surface area contributed by atoms with Crippen LogP contribution < -0.4 is 11.2 Å². The largest absolute Gasteiger partial charge is 0.394 e. The summed E-state index contributed by atoms with van der Waals surface area (Å²) < 4.78 is 6.60. The quantitative estimate of drug-likeness (QED) is 0.602. The Morgan fingerprint density at radius 1 is 1.58 bits per heavy atom. The van der Waals surface area contributed by atoms with Crippen LogP contribution in [0.1, 0.15) is 18.2 Å². The first kappa shape index (κ1) is 13.7. The van der Waals surface area contributed by atoms with Crippen LogP contribution in [0.2, 0.25) is 0 Å². The molecule has 7 nitrogen and oxygen atoms in total. The molecule has 1 fully saturated rings. The maximum Gasteiger partial charge on any atom is 0.330 e. The van der Waals surface area contributed by atoms with E-state index < -0.39 is 29.7 Å². The van der Waals surface area contributed by atoms with Gasteiger partial charge in [-0.25, -0.2) is 4.79 Å². The Balaban J connectivity index is 2.35. The zero-order valence-corrected chi connectivity index (χ0v) is 10.3. The van der Waals surface area contributed by atoms with Crippen molar-refractivity contribution >= 4 is 0 Å². The van der Waals surface area contributed by atoms with E-state index in [4.69, 9.17) is 9.84 Å². The maximum absolute atomic E-state index is 11.7. The minimum absolute atomic E-state index is 0.185. The van der Waals surface area contributed by atoms with Crippen LogP contribution in [0, 0.1) is 0 Å². The van der Waals surface area contributed by atoms with Crippen molar-refractivity contribution in [1.29, 1.82) is 0 Å². The minimum atomic E-state index is -0.836. The molecule has 0 bridgehead atoms. The lowest BCUT2D eigenvalue weighted by Gasteiger charge is -2.15. The average molecular weight is 268 g/mol. The van der Waals surface area contributed by atoms with Gasteiger partial charge in [-0.2, -0.15) is 0 Å². The van der Waals surface area contributed by atoms with Gasteiger partial charge in [-0.05, 0) is 6.42 Å². The van der Waals surface area contributed by atoms with E-state index in [-0.39, 0.29) is 13.0 Å². The number of rotatable bonds is 4. The second-order valence-corrected chi connectivity index (χ2v) is 4.43. The van der Waals surface area contributed by atoms with Gasteiger partial charge in [0.25, 0.3) is 5.56 Å². The van der Waals surface area contributed by atoms with Gasteiger partial charge >= 0.3 is 5.69 Å². The van der Waals surface area contributed by atoms with Gasteiger partial charge in [0.05, 0.1) is 12.7 Å². The van der Waals surface area contributed by atoms with Crippen molar-refractivity contribution in [2.24, 2.45) is 0 Å². The molecule has 0 amide bonds. The van der Waals surface area contributed by atoms with Gasteiger partial charge in [0.1, 0.15) is 12.3 Å². The molecule has 7 heteroatoms. The summed E-state index contributed by atoms with van der Waals surface area (Å²) in [5, 5.41) is 18.7. The van der Waals surface area contributed by atoms with Crippen LogP contribution in [-0.4, -0.2) is 38.6 Å². The number of allylic oxidation sites excluding steroid dienone is 1. The molecule has 3 atom stereocenters. The van der Waals surface area contributed by atoms with Crippen LogP contribution >= 0.6 is 0 Å². The number of aliphatic hydroxyl groups is 2. The van der Waals surface area contributed by atoms with Crippen molar-refractivity contribution in [2.45, 2.75) is 31.3 Å². The second kappa shape index (κ2) is 5.52. The summed E-state index contributed by atoms with van der Waals surface area (Å²) in [5.41, 5.74) is -0.674. The molecule has 0 radical (unpaired) electrons. The molecule has 1 aliphatic heterocycles. The van der Waals surface area contributed by atoms with Crippen LogP contribution in [0.25, 0.3) is 0 Å². The van der Waals surface area contributed by atoms with Crippen LogP contribution in [0.15, 0.2) is 28.4 Å². The fourth-order valence-electron chi connectivity index (χ4n) is 2.09. The van der Waals surface area contributed by atoms with Crippen molar-refractivity contribution in [3.8, 4) is 0 Å². The lowest BCUT2D eigenvalue weighted by atomic mass is 10.2. The molecule has 0 aliphatic carbocycles. The van der Waals surface area contributed by atoms with Gasteiger partial charge in [0.15, 0.2) is 0 Å². The molecule has 2 rings (SSSR count). The van der Waals surface area contributed by atoms with Gasteiger partial charge in [0, 0.05) is 18.2 Å². The summed E-state index contributed by atoms with van der Waals surface area (Å²) in [6.07, 6.45) is 1.22. The highest BCUT2D eigenvalue weighted by atomic mass is 16.5. The number of aromatic amines is 1. The molecule has 3 N–H and O–H groups in total. The van der Waals surface area contributed by atoms with Crippen molar-refractivity contribution in [1.82, 2.24) is 9.55 Å². The summed E-state index contributed by atoms with van der Waals surface area (Å²) in [7, 11) is 0. The van der Waals surface area contributed by atoms with E-state index in [1.807, 2.05) is 0 Å². The molecule has 19 heavy (non-hydrogen) atoms. The molecule has 0 aromatic carbocycles. The molecule has 1 aliphatic rings. The second-order valence-electron chi connectivity index (χ2n) is 4.43. The van der Waals surface area contributed by atoms with Crippen molar-refractivity contribution in [2.75, 3.05) is 6.61 Å². The molecular weight excluding hydrogens is 252 g/mol. The number of nitrogens with zero attached hydrogens (tertiary/aromatic N) is 1. The van der Waals surface area contributed by atoms with Crippen LogP contribution in [-0.2, 0) is 11.2 Å². The Morgan fingerprint density at radius 3 is 2.89 bits per heavy atom. The molecule has 2 heterocycles. The van der Waals surface area contributed by atoms with E-state index in [9.17, 15) is 14.7 Å². The lowest BCUT2D eigenvalue weighted by Crippen LogP contribution is -2.34. The normalized spacial score (nSPS) is 26.5. The van der Waals surface area contributed by atoms with Gasteiger partial charge in [-0.1, -0.05) is 6.08 Å². The fourth-order valence-corrected chi connectivity index (χ4v) is 2.09. The predicted octanol–water partition coefficient (Wildman–Crippen LogP) is -1.09. The van der Waals surface area contributed by atoms with E-state index in [1.54, 1.807) is 6.08 Å². The first-order valence-corrected chi connectivity index (χ1v) is 5.96. The molecule has 0 saturated carbocycles. The number of aliphatic hydroxyl groups excluding tert-OH is 2. The topological polar surface area (TPSA) is 105 Å². The Morgan fingerprint density at radius 2 is 2.32 bits per heavy atom. The van der Waals surface area contributed by atoms with Crippen molar-refractivity contribution in [3.63, 3.8) is 0 Å². The molecule has 1 saturated heterocycles. The van der Waals surface area contributed by atoms with E-state index in [2.05, 4.69) is 11.6 Å². The summed E-state index contributed by atoms with van der Waals surface area (Å²) >= 11 is 0. The number of H-pyrrole nitrogens is 1. The Hall–Kier alpha value is -1.70. The van der Waals surface area contributed by atoms with E-state index in [1.165, 1.54) is 10.8 Å². The third-order valence-corrected chi connectivity index (χ3v) is 3.10. The van der Waals surface area contributed by atoms with Gasteiger partial charge in [0.2, 0.25) is 0 Å². The average Bonchev–Trinajstić information content (AvgIpc) is 2.74. The SMILES string of the molecule is C=CCc1cn([C@@H]2C[C@H](O)[C@H](CO)O2)c(=O)[nH]c1=O. The molecule has 104 valence electrons. The first-order valence-electron chi connectivity index (χ1n) is 5.96. The number of hydrogen-bond donors (Lipinski definition) is 3. The van der Waals surface area contributed by atoms with Gasteiger partial charge in [-0.15, -0.1) is 6.58 Å². The molecule has 0 unspecified atom stereocenters. The number of hydrogen-bond acceptors (Lipinski definition) is 5. The monoisotopic (exact) mass is 268 g/mol. The third kappa shape index (κ3) is 2.67. The number of aromatic nitrogens is 2. The zero-order chi connectivity index (χ0) is 14.0. The van der Waals surface area contributed by atoms with Crippen LogP contribution in [0.3, 0.4) is 0 Å². The standard InChI is InChI=1S/C12H16N2O5/c1-2-3-7-5-14(12(18)13-11(7)17)10-4-8(16)9(6-15)19-10/h2,5,8-10,15-16H,1,3-4,6H2,(H,13,17,18)/t8-,9-,10-/m0/s1. The van der Waals surface area contributed by atoms with E-state index in [0.29, 0.717) is 12.0 Å². The maximum atomic E-state index is 11.7. The highest BCUT2D eigenvalue weighted by Crippen LogP contribution is 2.27. The fraction of sp³-hybridized carbons (Fsp3) is 0.500. The smallest absolute Gasteiger partial charge is 0.330 e. The summed E-state index contributed by atoms with van der Waals surface area (Å²) in [4.78, 5) is 25.5. The summed E-state index contributed by atoms with van der Waals surface area (Å²) in [6, 6.07) is 0. The first-order chi connectivity index (χ1) is 9.06. The molecular formula is C12H16N2O5. The number of nitrogens with one attached hydrogen (secondary N) is 1. The molecule has 1 aromatic heterocycles. The van der Waals surface area contributed by atoms with Gasteiger partial charge in [-0.3, -0.25) is 14.3 Å². The highest BCUT2D eigenvalue weighted by molar-refractivity contribution is 5.09. The van der Waals surface area contributed by atoms with Crippen LogP contribution in [0.4, 0.5) is 0 Å². The Kier molecular flexibility index (Phi) is 3.98. The summed E-state index contributed by atoms with van der Waals surface area (Å²) in [6.45, 7) is 3.22. The zero-order valence-electron chi connectivity index (χ0n) is 10.3. The summed E-state index contributed by atoms with van der Waals surface area (Å²) in [5.74, 6) is 0. The van der Waals surface area contributed by atoms with Crippen molar-refractivity contribution < 1.29 is 14.9 Å². The lowest BCUT2D eigenvalue weighted by molar-refractivity contribution is -0.0459. The Bertz CT molecular complexity index is 576. The highest BCUT2D eigenvalue weighted by Gasteiger charge is 2.35. The molecule has 1 aromatic rings. The van der Waals surface area contributed by atoms with E-state index >= 15 is 0 Å². The van der Waals surface area contributed by atoms with E-state index in [0.717, 1.165) is 0 Å². The van der Waals surface area contributed by atoms with Crippen molar-refractivity contribution in [3.05, 3.63) is 45.3 Å². The number of ether oxygens (including phenoxy) is 1. The third-order valence-electron chi connectivity index (χ3n) is 3.10.